The Hall–Kier alpha value is -7.28. The van der Waals surface area contributed by atoms with Crippen molar-refractivity contribution in [3.05, 3.63) is 199 Å². The minimum atomic E-state index is -0.274. The molecule has 0 aliphatic carbocycles. The van der Waals surface area contributed by atoms with E-state index in [1.807, 2.05) is 47.7 Å². The van der Waals surface area contributed by atoms with Gasteiger partial charge in [-0.25, -0.2) is 9.98 Å². The van der Waals surface area contributed by atoms with Crippen LogP contribution < -0.4 is 5.32 Å². The van der Waals surface area contributed by atoms with Crippen molar-refractivity contribution in [1.82, 2.24) is 9.88 Å². The quantitative estimate of drug-likeness (QED) is 0.191. The van der Waals surface area contributed by atoms with Crippen LogP contribution in [0.15, 0.2) is 196 Å². The maximum absolute atomic E-state index is 6.52. The van der Waals surface area contributed by atoms with Crippen molar-refractivity contribution in [2.24, 2.45) is 9.98 Å². The number of benzene rings is 8. The van der Waals surface area contributed by atoms with Gasteiger partial charge in [-0.3, -0.25) is 0 Å². The summed E-state index contributed by atoms with van der Waals surface area (Å²) in [6.45, 7) is 0. The molecule has 3 aromatic heterocycles. The third-order valence-corrected chi connectivity index (χ3v) is 12.5. The third-order valence-electron chi connectivity index (χ3n) is 11.3. The van der Waals surface area contributed by atoms with Crippen LogP contribution in [0.2, 0.25) is 0 Å². The highest BCUT2D eigenvalue weighted by Gasteiger charge is 2.23. The number of hydrogen-bond acceptors (Lipinski definition) is 5. The molecular weight excluding hydrogens is 717 g/mol. The van der Waals surface area contributed by atoms with Crippen LogP contribution in [-0.4, -0.2) is 16.2 Å². The Labute approximate surface area is 331 Å². The first-order valence-corrected chi connectivity index (χ1v) is 20.0. The minimum Gasteiger partial charge on any atom is -0.456 e. The minimum absolute atomic E-state index is 0.274. The molecule has 0 radical (unpaired) electrons. The maximum Gasteiger partial charge on any atom is 0.159 e. The lowest BCUT2D eigenvalue weighted by atomic mass is 9.97. The van der Waals surface area contributed by atoms with Gasteiger partial charge in [0.15, 0.2) is 5.84 Å². The Morgan fingerprint density at radius 1 is 0.526 bits per heavy atom. The third kappa shape index (κ3) is 5.08. The molecule has 0 saturated heterocycles. The summed E-state index contributed by atoms with van der Waals surface area (Å²) in [6.07, 6.45) is -0.274. The number of para-hydroxylation sites is 2. The lowest BCUT2D eigenvalue weighted by molar-refractivity contribution is 0.669. The number of thiophene rings is 1. The van der Waals surface area contributed by atoms with Crippen molar-refractivity contribution < 1.29 is 4.42 Å². The standard InChI is InChI=1S/C51H32N4OS/c1-3-13-31(14-4-1)49-52-50(32-15-5-2-6-16-32)54-51(53-49)34-25-27-44-40(30-34)47-35(19-12-24-45(47)56-44)33-26-28-46-39(29-33)38-20-11-23-43(48(38)57-46)55-41-21-9-7-17-36(41)37-18-8-10-22-42(37)55/h1-30,49H,(H,52,53,54). The highest BCUT2D eigenvalue weighted by molar-refractivity contribution is 7.26. The highest BCUT2D eigenvalue weighted by atomic mass is 32.1. The second-order valence-corrected chi connectivity index (χ2v) is 15.6. The van der Waals surface area contributed by atoms with E-state index in [2.05, 4.69) is 155 Å². The first kappa shape index (κ1) is 32.0. The van der Waals surface area contributed by atoms with Gasteiger partial charge in [0.25, 0.3) is 0 Å². The first-order chi connectivity index (χ1) is 28.2. The van der Waals surface area contributed by atoms with Gasteiger partial charge in [0.1, 0.15) is 23.2 Å². The molecule has 268 valence electrons. The molecule has 8 aromatic carbocycles. The number of nitrogens with zero attached hydrogens (tertiary/aromatic N) is 3. The molecule has 1 aliphatic rings. The molecule has 1 aliphatic heterocycles. The summed E-state index contributed by atoms with van der Waals surface area (Å²) in [5.74, 6) is 1.48. The van der Waals surface area contributed by atoms with Gasteiger partial charge in [0.05, 0.1) is 21.4 Å². The van der Waals surface area contributed by atoms with Crippen LogP contribution in [0.1, 0.15) is 22.9 Å². The fourth-order valence-corrected chi connectivity index (χ4v) is 9.83. The zero-order valence-electron chi connectivity index (χ0n) is 30.6. The summed E-state index contributed by atoms with van der Waals surface area (Å²) in [5.41, 5.74) is 10.6. The number of fused-ring (bicyclic) bond motifs is 9. The molecule has 0 spiro atoms. The fraction of sp³-hybridized carbons (Fsp3) is 0.0196. The molecule has 57 heavy (non-hydrogen) atoms. The van der Waals surface area contributed by atoms with E-state index in [1.165, 1.54) is 47.7 Å². The van der Waals surface area contributed by atoms with Gasteiger partial charge in [-0.15, -0.1) is 11.3 Å². The largest absolute Gasteiger partial charge is 0.456 e. The summed E-state index contributed by atoms with van der Waals surface area (Å²) >= 11 is 1.86. The summed E-state index contributed by atoms with van der Waals surface area (Å²) in [5, 5.41) is 10.7. The molecule has 4 heterocycles. The van der Waals surface area contributed by atoms with Gasteiger partial charge < -0.3 is 14.3 Å². The second-order valence-electron chi connectivity index (χ2n) is 14.6. The van der Waals surface area contributed by atoms with E-state index in [4.69, 9.17) is 14.4 Å². The lowest BCUT2D eigenvalue weighted by Crippen LogP contribution is -2.33. The second kappa shape index (κ2) is 12.6. The van der Waals surface area contributed by atoms with Crippen molar-refractivity contribution in [3.63, 3.8) is 0 Å². The molecule has 0 bridgehead atoms. The summed E-state index contributed by atoms with van der Waals surface area (Å²) < 4.78 is 11.5. The molecule has 12 rings (SSSR count). The topological polar surface area (TPSA) is 54.8 Å². The SMILES string of the molecule is c1ccc(C2=NC(c3ccc4oc5cccc(-c6ccc7sc8c(-n9c%10ccccc%10c%10ccccc%109)cccc8c7c6)c5c4c3)=NC(c3ccccc3)N2)cc1. The average molecular weight is 749 g/mol. The average Bonchev–Trinajstić information content (AvgIpc) is 3.96. The first-order valence-electron chi connectivity index (χ1n) is 19.2. The van der Waals surface area contributed by atoms with E-state index < -0.39 is 0 Å². The van der Waals surface area contributed by atoms with Crippen LogP contribution in [0, 0.1) is 0 Å². The van der Waals surface area contributed by atoms with Crippen LogP contribution in [0.4, 0.5) is 0 Å². The Morgan fingerprint density at radius 3 is 2.02 bits per heavy atom. The number of rotatable bonds is 5. The van der Waals surface area contributed by atoms with E-state index in [1.54, 1.807) is 0 Å². The molecule has 5 nitrogen and oxygen atoms in total. The molecule has 0 amide bonds. The van der Waals surface area contributed by atoms with Crippen molar-refractivity contribution in [1.29, 1.82) is 0 Å². The molecule has 1 N–H and O–H groups in total. The number of furan rings is 1. The number of nitrogens with one attached hydrogen (secondary N) is 1. The van der Waals surface area contributed by atoms with Gasteiger partial charge in [-0.1, -0.05) is 127 Å². The Kier molecular flexibility index (Phi) is 7.09. The highest BCUT2D eigenvalue weighted by Crippen LogP contribution is 2.44. The van der Waals surface area contributed by atoms with E-state index in [-0.39, 0.29) is 6.17 Å². The molecule has 1 unspecified atom stereocenters. The Morgan fingerprint density at radius 2 is 1.21 bits per heavy atom. The van der Waals surface area contributed by atoms with Crippen LogP contribution in [0.5, 0.6) is 0 Å². The molecular formula is C51H32N4OS. The van der Waals surface area contributed by atoms with Crippen molar-refractivity contribution in [2.45, 2.75) is 6.17 Å². The Balaban J connectivity index is 1.01. The van der Waals surface area contributed by atoms with Crippen molar-refractivity contribution >= 4 is 86.9 Å². The lowest BCUT2D eigenvalue weighted by Gasteiger charge is -2.23. The van der Waals surface area contributed by atoms with Gasteiger partial charge in [-0.2, -0.15) is 0 Å². The molecule has 11 aromatic rings. The molecule has 0 fully saturated rings. The fourth-order valence-electron chi connectivity index (χ4n) is 8.64. The molecule has 0 saturated carbocycles. The summed E-state index contributed by atoms with van der Waals surface area (Å²) in [6, 6.07) is 64.3. The van der Waals surface area contributed by atoms with Gasteiger partial charge in [-0.05, 0) is 71.3 Å². The monoisotopic (exact) mass is 748 g/mol. The van der Waals surface area contributed by atoms with Gasteiger partial charge in [0, 0.05) is 48.1 Å². The van der Waals surface area contributed by atoms with Crippen LogP contribution in [-0.2, 0) is 0 Å². The summed E-state index contributed by atoms with van der Waals surface area (Å²) in [4.78, 5) is 10.2. The van der Waals surface area contributed by atoms with Crippen LogP contribution in [0.3, 0.4) is 0 Å². The smallest absolute Gasteiger partial charge is 0.159 e. The number of aromatic nitrogens is 1. The van der Waals surface area contributed by atoms with Crippen molar-refractivity contribution in [3.8, 4) is 16.8 Å². The van der Waals surface area contributed by atoms with Crippen LogP contribution in [0.25, 0.3) is 80.7 Å². The summed E-state index contributed by atoms with van der Waals surface area (Å²) in [7, 11) is 0. The van der Waals surface area contributed by atoms with E-state index >= 15 is 0 Å². The zero-order chi connectivity index (χ0) is 37.5. The predicted octanol–water partition coefficient (Wildman–Crippen LogP) is 13.2. The number of hydrogen-bond donors (Lipinski definition) is 1. The van der Waals surface area contributed by atoms with E-state index in [0.29, 0.717) is 5.84 Å². The number of aliphatic imine (C=N–C) groups is 2. The zero-order valence-corrected chi connectivity index (χ0v) is 31.4. The molecule has 1 atom stereocenters. The van der Waals surface area contributed by atoms with Crippen LogP contribution >= 0.6 is 11.3 Å². The molecule has 6 heteroatoms. The maximum atomic E-state index is 6.52. The van der Waals surface area contributed by atoms with E-state index in [0.717, 1.165) is 55.6 Å². The Bertz CT molecular complexity index is 3390. The normalized spacial score (nSPS) is 14.5. The van der Waals surface area contributed by atoms with E-state index in [9.17, 15) is 0 Å². The number of amidine groups is 2. The van der Waals surface area contributed by atoms with Gasteiger partial charge in [0.2, 0.25) is 0 Å². The van der Waals surface area contributed by atoms with Crippen molar-refractivity contribution in [2.75, 3.05) is 0 Å². The van der Waals surface area contributed by atoms with Gasteiger partial charge >= 0.3 is 0 Å². The predicted molar refractivity (Wildman–Crippen MR) is 238 cm³/mol.